The number of aryl methyl sites for hydroxylation is 1. The van der Waals surface area contributed by atoms with Gasteiger partial charge in [0.2, 0.25) is 0 Å². The Bertz CT molecular complexity index is 1010. The minimum atomic E-state index is -0.778. The third-order valence-corrected chi connectivity index (χ3v) is 5.90. The molecule has 0 saturated heterocycles. The number of hydrogen-bond donors (Lipinski definition) is 1. The minimum Gasteiger partial charge on any atom is -0.489 e. The van der Waals surface area contributed by atoms with Crippen LogP contribution in [0.25, 0.3) is 17.0 Å². The van der Waals surface area contributed by atoms with Crippen LogP contribution in [0.2, 0.25) is 0 Å². The first kappa shape index (κ1) is 19.1. The van der Waals surface area contributed by atoms with Gasteiger partial charge in [-0.05, 0) is 51.3 Å². The molecule has 150 valence electrons. The molecule has 1 N–H and O–H groups in total. The molecule has 0 spiro atoms. The number of benzene rings is 1. The number of aliphatic hydroxyl groups is 1. The molecular formula is C23H28O5. The van der Waals surface area contributed by atoms with Gasteiger partial charge in [0.25, 0.3) is 0 Å². The molecule has 28 heavy (non-hydrogen) atoms. The van der Waals surface area contributed by atoms with Crippen molar-refractivity contribution in [2.75, 3.05) is 0 Å². The monoisotopic (exact) mass is 384 g/mol. The molecule has 0 bridgehead atoms. The second kappa shape index (κ2) is 6.66. The Balaban J connectivity index is 2.12. The maximum atomic E-state index is 12.4. The zero-order valence-corrected chi connectivity index (χ0v) is 17.2. The molecule has 3 heterocycles. The molecular weight excluding hydrogens is 356 g/mol. The highest BCUT2D eigenvalue weighted by Crippen LogP contribution is 2.52. The standard InChI is InChI=1S/C23H28O5/c1-6-7-8-14-11-16(24)27-22-17(14)21-15(9-10-23(4,5)28-21)20-18(22)19(25)12(2)13(3)26-20/h9-13,19,25H,6-8H2,1-5H3/t12-,13-,19-/m1/s1. The summed E-state index contributed by atoms with van der Waals surface area (Å²) in [6.45, 7) is 9.98. The number of rotatable bonds is 3. The van der Waals surface area contributed by atoms with Crippen LogP contribution in [0.1, 0.15) is 70.3 Å². The number of aliphatic hydroxyl groups excluding tert-OH is 1. The van der Waals surface area contributed by atoms with Gasteiger partial charge in [0.05, 0.1) is 22.6 Å². The van der Waals surface area contributed by atoms with Crippen LogP contribution < -0.4 is 15.1 Å². The predicted octanol–water partition coefficient (Wildman–Crippen LogP) is 4.77. The summed E-state index contributed by atoms with van der Waals surface area (Å²) in [5.74, 6) is 1.11. The Labute approximate surface area is 165 Å². The third-order valence-electron chi connectivity index (χ3n) is 5.90. The number of hydrogen-bond acceptors (Lipinski definition) is 5. The van der Waals surface area contributed by atoms with E-state index in [9.17, 15) is 9.90 Å². The van der Waals surface area contributed by atoms with Gasteiger partial charge in [-0.15, -0.1) is 0 Å². The molecule has 0 aliphatic carbocycles. The summed E-state index contributed by atoms with van der Waals surface area (Å²) in [7, 11) is 0. The maximum absolute atomic E-state index is 12.4. The van der Waals surface area contributed by atoms with E-state index in [1.54, 1.807) is 6.07 Å². The van der Waals surface area contributed by atoms with E-state index in [1.807, 2.05) is 39.8 Å². The van der Waals surface area contributed by atoms with Crippen molar-refractivity contribution < 1.29 is 19.0 Å². The highest BCUT2D eigenvalue weighted by molar-refractivity contribution is 5.97. The Kier molecular flexibility index (Phi) is 4.53. The lowest BCUT2D eigenvalue weighted by Gasteiger charge is -2.37. The van der Waals surface area contributed by atoms with Crippen LogP contribution >= 0.6 is 0 Å². The van der Waals surface area contributed by atoms with E-state index in [4.69, 9.17) is 13.9 Å². The van der Waals surface area contributed by atoms with Crippen molar-refractivity contribution in [1.82, 2.24) is 0 Å². The van der Waals surface area contributed by atoms with Crippen molar-refractivity contribution >= 4 is 17.0 Å². The smallest absolute Gasteiger partial charge is 0.336 e. The fourth-order valence-corrected chi connectivity index (χ4v) is 4.08. The van der Waals surface area contributed by atoms with E-state index >= 15 is 0 Å². The average Bonchev–Trinajstić information content (AvgIpc) is 2.62. The first-order chi connectivity index (χ1) is 13.2. The maximum Gasteiger partial charge on any atom is 0.336 e. The van der Waals surface area contributed by atoms with Gasteiger partial charge in [0.1, 0.15) is 23.2 Å². The Morgan fingerprint density at radius 1 is 1.21 bits per heavy atom. The summed E-state index contributed by atoms with van der Waals surface area (Å²) in [5, 5.41) is 11.8. The minimum absolute atomic E-state index is 0.122. The van der Waals surface area contributed by atoms with E-state index in [0.29, 0.717) is 22.6 Å². The molecule has 4 rings (SSSR count). The molecule has 3 atom stereocenters. The molecule has 1 aromatic carbocycles. The molecule has 0 saturated carbocycles. The number of fused-ring (bicyclic) bond motifs is 6. The van der Waals surface area contributed by atoms with Gasteiger partial charge in [0.15, 0.2) is 5.58 Å². The van der Waals surface area contributed by atoms with E-state index in [1.165, 1.54) is 0 Å². The lowest BCUT2D eigenvalue weighted by Crippen LogP contribution is -2.34. The van der Waals surface area contributed by atoms with Gasteiger partial charge in [-0.25, -0.2) is 4.79 Å². The summed E-state index contributed by atoms with van der Waals surface area (Å²) in [6.07, 6.45) is 5.77. The summed E-state index contributed by atoms with van der Waals surface area (Å²) in [4.78, 5) is 12.4. The zero-order chi connectivity index (χ0) is 20.2. The average molecular weight is 384 g/mol. The largest absolute Gasteiger partial charge is 0.489 e. The van der Waals surface area contributed by atoms with Crippen LogP contribution in [0, 0.1) is 5.92 Å². The van der Waals surface area contributed by atoms with Gasteiger partial charge in [-0.1, -0.05) is 20.3 Å². The predicted molar refractivity (Wildman–Crippen MR) is 109 cm³/mol. The third kappa shape index (κ3) is 2.93. The topological polar surface area (TPSA) is 68.9 Å². The second-order valence-corrected chi connectivity index (χ2v) is 8.55. The number of unbranched alkanes of at least 4 members (excludes halogenated alkanes) is 1. The molecule has 0 unspecified atom stereocenters. The van der Waals surface area contributed by atoms with Crippen molar-refractivity contribution in [2.24, 2.45) is 5.92 Å². The van der Waals surface area contributed by atoms with E-state index in [2.05, 4.69) is 6.92 Å². The highest BCUT2D eigenvalue weighted by atomic mass is 16.5. The molecule has 0 amide bonds. The van der Waals surface area contributed by atoms with Gasteiger partial charge < -0.3 is 19.0 Å². The first-order valence-corrected chi connectivity index (χ1v) is 10.1. The second-order valence-electron chi connectivity index (χ2n) is 8.55. The van der Waals surface area contributed by atoms with Crippen LogP contribution in [-0.4, -0.2) is 16.8 Å². The summed E-state index contributed by atoms with van der Waals surface area (Å²) in [6, 6.07) is 1.56. The Morgan fingerprint density at radius 2 is 1.96 bits per heavy atom. The van der Waals surface area contributed by atoms with Gasteiger partial charge in [0, 0.05) is 12.0 Å². The molecule has 0 radical (unpaired) electrons. The summed E-state index contributed by atoms with van der Waals surface area (Å²) < 4.78 is 18.2. The normalized spacial score (nSPS) is 25.0. The molecule has 5 nitrogen and oxygen atoms in total. The molecule has 2 aliphatic heterocycles. The molecule has 2 aromatic rings. The Morgan fingerprint density at radius 3 is 2.68 bits per heavy atom. The van der Waals surface area contributed by atoms with Crippen molar-refractivity contribution in [2.45, 2.75) is 71.7 Å². The van der Waals surface area contributed by atoms with Crippen molar-refractivity contribution in [3.8, 4) is 11.5 Å². The highest BCUT2D eigenvalue weighted by Gasteiger charge is 2.39. The SMILES string of the molecule is CCCCc1cc(=O)oc2c3c(c4c(c12)OC(C)(C)C=C4)O[C@H](C)[C@@H](C)[C@H]3O. The van der Waals surface area contributed by atoms with E-state index in [-0.39, 0.29) is 12.0 Å². The molecule has 0 fully saturated rings. The van der Waals surface area contributed by atoms with E-state index in [0.717, 1.165) is 35.8 Å². The van der Waals surface area contributed by atoms with Crippen molar-refractivity contribution in [1.29, 1.82) is 0 Å². The first-order valence-electron chi connectivity index (χ1n) is 10.1. The van der Waals surface area contributed by atoms with Gasteiger partial charge in [-0.3, -0.25) is 0 Å². The zero-order valence-electron chi connectivity index (χ0n) is 17.2. The lowest BCUT2D eigenvalue weighted by molar-refractivity contribution is 0.0173. The summed E-state index contributed by atoms with van der Waals surface area (Å²) in [5.41, 5.74) is 1.76. The van der Waals surface area contributed by atoms with E-state index < -0.39 is 17.3 Å². The lowest BCUT2D eigenvalue weighted by atomic mass is 9.85. The van der Waals surface area contributed by atoms with Crippen LogP contribution in [0.5, 0.6) is 11.5 Å². The molecule has 5 heteroatoms. The van der Waals surface area contributed by atoms with Gasteiger partial charge >= 0.3 is 5.63 Å². The van der Waals surface area contributed by atoms with Crippen molar-refractivity contribution in [3.05, 3.63) is 39.3 Å². The Hall–Kier alpha value is -2.27. The quantitative estimate of drug-likeness (QED) is 0.772. The number of ether oxygens (including phenoxy) is 2. The fourth-order valence-electron chi connectivity index (χ4n) is 4.08. The summed E-state index contributed by atoms with van der Waals surface area (Å²) >= 11 is 0. The molecule has 2 aliphatic rings. The van der Waals surface area contributed by atoms with Crippen LogP contribution in [0.15, 0.2) is 21.4 Å². The van der Waals surface area contributed by atoms with Crippen LogP contribution in [0.3, 0.4) is 0 Å². The fraction of sp³-hybridized carbons (Fsp3) is 0.522. The van der Waals surface area contributed by atoms with Crippen molar-refractivity contribution in [3.63, 3.8) is 0 Å². The van der Waals surface area contributed by atoms with Gasteiger partial charge in [-0.2, -0.15) is 0 Å². The molecule has 1 aromatic heterocycles. The van der Waals surface area contributed by atoms with Crippen LogP contribution in [0.4, 0.5) is 0 Å². The van der Waals surface area contributed by atoms with Crippen LogP contribution in [-0.2, 0) is 6.42 Å².